The number of cyclic esters (lactones) is 1. The summed E-state index contributed by atoms with van der Waals surface area (Å²) in [5.41, 5.74) is 1.13. The molecule has 1 amide bonds. The molecule has 1 aliphatic carbocycles. The summed E-state index contributed by atoms with van der Waals surface area (Å²) in [6.07, 6.45) is 6.94. The summed E-state index contributed by atoms with van der Waals surface area (Å²) >= 11 is 0. The second kappa shape index (κ2) is 27.4. The molecule has 69 heavy (non-hydrogen) atoms. The van der Waals surface area contributed by atoms with Crippen molar-refractivity contribution in [3.8, 4) is 0 Å². The minimum atomic E-state index is -2.47. The fourth-order valence-electron chi connectivity index (χ4n) is 10.6. The number of Topliss-reactive ketones (excluding diaryl/α,β-unsaturated/α-hetero) is 4. The van der Waals surface area contributed by atoms with Crippen molar-refractivity contribution >= 4 is 35.0 Å². The number of ether oxygens (including phenoxy) is 6. The number of hydrogen-bond donors (Lipinski definition) is 3. The number of ketones is 4. The van der Waals surface area contributed by atoms with Gasteiger partial charge in [0.1, 0.15) is 35.9 Å². The van der Waals surface area contributed by atoms with E-state index in [2.05, 4.69) is 0 Å². The van der Waals surface area contributed by atoms with Crippen LogP contribution in [0.4, 0.5) is 0 Å². The first kappa shape index (κ1) is 58.1. The molecule has 0 unspecified atom stereocenters. The third kappa shape index (κ3) is 15.5. The lowest BCUT2D eigenvalue weighted by Crippen LogP contribution is -2.61. The Morgan fingerprint density at radius 2 is 1.57 bits per heavy atom. The molecular weight excluding hydrogens is 891 g/mol. The highest BCUT2D eigenvalue weighted by atomic mass is 16.6. The van der Waals surface area contributed by atoms with E-state index in [0.717, 1.165) is 12.0 Å². The van der Waals surface area contributed by atoms with Gasteiger partial charge in [-0.3, -0.25) is 24.0 Å². The third-order valence-corrected chi connectivity index (χ3v) is 15.2. The number of aliphatic hydroxyl groups is 3. The van der Waals surface area contributed by atoms with Gasteiger partial charge in [-0.2, -0.15) is 0 Å². The number of piperidine rings is 1. The maximum Gasteiger partial charge on any atom is 0.329 e. The van der Waals surface area contributed by atoms with Crippen molar-refractivity contribution in [2.75, 3.05) is 41.1 Å². The fraction of sp³-hybridized carbons (Fsp3) is 0.774. The maximum atomic E-state index is 14.5. The molecule has 4 aliphatic rings. The molecule has 3 heterocycles. The zero-order valence-electron chi connectivity index (χ0n) is 42.9. The van der Waals surface area contributed by atoms with Crippen LogP contribution in [0.5, 0.6) is 0 Å². The summed E-state index contributed by atoms with van der Waals surface area (Å²) in [6.45, 7) is 12.3. The maximum absolute atomic E-state index is 14.5. The van der Waals surface area contributed by atoms with Crippen LogP contribution in [0.25, 0.3) is 0 Å². The number of carbonyl (C=O) groups is 6. The third-order valence-electron chi connectivity index (χ3n) is 15.2. The van der Waals surface area contributed by atoms with Gasteiger partial charge in [-0.25, -0.2) is 4.79 Å². The molecule has 0 spiro atoms. The van der Waals surface area contributed by atoms with E-state index in [0.29, 0.717) is 50.5 Å². The van der Waals surface area contributed by atoms with Crippen LogP contribution in [-0.2, 0) is 57.2 Å². The van der Waals surface area contributed by atoms with Crippen LogP contribution in [0.1, 0.15) is 132 Å². The van der Waals surface area contributed by atoms with Crippen molar-refractivity contribution in [3.05, 3.63) is 35.5 Å². The van der Waals surface area contributed by atoms with E-state index in [-0.39, 0.29) is 93.3 Å². The van der Waals surface area contributed by atoms with Gasteiger partial charge in [0, 0.05) is 70.8 Å². The van der Waals surface area contributed by atoms with Gasteiger partial charge in [0.15, 0.2) is 5.78 Å². The Kier molecular flexibility index (Phi) is 23.0. The summed E-state index contributed by atoms with van der Waals surface area (Å²) in [6, 6.07) is -1.16. The van der Waals surface area contributed by atoms with Gasteiger partial charge in [-0.15, -0.1) is 0 Å². The molecule has 3 N–H and O–H groups in total. The van der Waals surface area contributed by atoms with Crippen molar-refractivity contribution in [3.63, 3.8) is 0 Å². The Morgan fingerprint density at radius 1 is 0.841 bits per heavy atom. The Balaban J connectivity index is 1.70. The van der Waals surface area contributed by atoms with Crippen molar-refractivity contribution in [1.29, 1.82) is 0 Å². The quantitative estimate of drug-likeness (QED) is 0.145. The number of esters is 1. The Bertz CT molecular complexity index is 1850. The van der Waals surface area contributed by atoms with Gasteiger partial charge in [0.05, 0.1) is 37.6 Å². The number of fused-ring (bicyclic) bond motifs is 3. The second-order valence-electron chi connectivity index (χ2n) is 20.4. The molecule has 16 heteroatoms. The average Bonchev–Trinajstić information content (AvgIpc) is 3.33. The predicted octanol–water partition coefficient (Wildman–Crippen LogP) is 5.60. The van der Waals surface area contributed by atoms with E-state index >= 15 is 0 Å². The van der Waals surface area contributed by atoms with Gasteiger partial charge in [0.25, 0.3) is 11.7 Å². The van der Waals surface area contributed by atoms with Crippen LogP contribution >= 0.6 is 0 Å². The van der Waals surface area contributed by atoms with E-state index in [1.807, 2.05) is 19.9 Å². The standard InChI is InChI=1S/C53H83NO15/c1-31-15-11-12-17-41(56)32(2)25-35(5)47(58)49(66-10)48(59)36(6)26-33(3)42(57)30-45(34(4)27-38-19-21-43(67-24-23-55)46(28-38)65-9)68-52(62)40-16-13-14-22-54(40)51(61)50(60)53(63)37(7)18-20-39(69-53)29-44(31)64-8/h11-12,15,26,32-35,37-40,43-46,48-49,55,59,63H,13-14,16-25,27-30H2,1-10H3/b12-11-,31-15+,36-26-/t32-,33+,34+,35+,37+,38+,39-,40-,43+,44-,45-,46+,48+,49-,53+/m0/s1. The summed E-state index contributed by atoms with van der Waals surface area (Å²) in [7, 11) is 4.49. The van der Waals surface area contributed by atoms with Crippen LogP contribution in [0.2, 0.25) is 0 Å². The van der Waals surface area contributed by atoms with Crippen molar-refractivity contribution in [2.45, 2.75) is 186 Å². The van der Waals surface area contributed by atoms with E-state index in [4.69, 9.17) is 28.4 Å². The number of carbonyl (C=O) groups excluding carboxylic acids is 6. The lowest BCUT2D eigenvalue weighted by molar-refractivity contribution is -0.265. The smallest absolute Gasteiger partial charge is 0.329 e. The van der Waals surface area contributed by atoms with Crippen LogP contribution in [0.15, 0.2) is 35.5 Å². The first-order chi connectivity index (χ1) is 32.7. The molecule has 0 aromatic rings. The van der Waals surface area contributed by atoms with Gasteiger partial charge in [-0.05, 0) is 101 Å². The molecular formula is C53H83NO15. The molecule has 0 aromatic heterocycles. The van der Waals surface area contributed by atoms with Crippen molar-refractivity contribution in [1.82, 2.24) is 4.90 Å². The van der Waals surface area contributed by atoms with Crippen LogP contribution in [-0.4, -0.2) is 151 Å². The Labute approximate surface area is 409 Å². The SMILES string of the molecule is CO[C@H]1C[C@@H]2CC[C@@H](C)[C@@](O)(O2)C(=O)C(=O)N2CCCC[C@H]2C(=O)O[C@H]([C@H](C)C[C@H]2CC[C@@H](OCCO)[C@H](OC)C2)CC(=O)[C@H](C)/C=C(/C)[C@@H](O)[C@@H](OC)C(=O)[C@H](C)C[C@H](C)C(=O)C/C=C\C=C\1C. The molecule has 2 saturated heterocycles. The molecule has 390 valence electrons. The normalized spacial score (nSPS) is 38.6. The zero-order valence-corrected chi connectivity index (χ0v) is 42.9. The van der Waals surface area contributed by atoms with Crippen molar-refractivity contribution in [2.24, 2.45) is 35.5 Å². The number of aliphatic hydroxyl groups excluding tert-OH is 2. The van der Waals surface area contributed by atoms with Crippen molar-refractivity contribution < 1.29 is 72.5 Å². The number of rotatable bonds is 9. The molecule has 4 rings (SSSR count). The topological polar surface area (TPSA) is 222 Å². The summed E-state index contributed by atoms with van der Waals surface area (Å²) < 4.78 is 35.4. The van der Waals surface area contributed by atoms with Gasteiger partial charge < -0.3 is 48.6 Å². The summed E-state index contributed by atoms with van der Waals surface area (Å²) in [5.74, 6) is -9.06. The van der Waals surface area contributed by atoms with Crippen LogP contribution < -0.4 is 0 Å². The highest BCUT2D eigenvalue weighted by Gasteiger charge is 2.53. The van der Waals surface area contributed by atoms with E-state index in [1.165, 1.54) is 19.1 Å². The first-order valence-electron chi connectivity index (χ1n) is 25.3. The van der Waals surface area contributed by atoms with E-state index in [1.54, 1.807) is 60.0 Å². The fourth-order valence-corrected chi connectivity index (χ4v) is 10.6. The summed E-state index contributed by atoms with van der Waals surface area (Å²) in [5, 5.41) is 32.8. The minimum Gasteiger partial charge on any atom is -0.460 e. The van der Waals surface area contributed by atoms with E-state index < -0.39 is 83.7 Å². The number of allylic oxidation sites excluding steroid dienone is 4. The summed E-state index contributed by atoms with van der Waals surface area (Å²) in [4.78, 5) is 85.4. The molecule has 0 radical (unpaired) electrons. The largest absolute Gasteiger partial charge is 0.460 e. The number of nitrogens with zero attached hydrogens (tertiary/aromatic N) is 1. The van der Waals surface area contributed by atoms with Crippen LogP contribution in [0, 0.1) is 35.5 Å². The number of amides is 1. The first-order valence-corrected chi connectivity index (χ1v) is 25.3. The second-order valence-corrected chi connectivity index (χ2v) is 20.4. The molecule has 15 atom stereocenters. The zero-order chi connectivity index (χ0) is 51.2. The Morgan fingerprint density at radius 3 is 2.23 bits per heavy atom. The average molecular weight is 974 g/mol. The lowest BCUT2D eigenvalue weighted by atomic mass is 9.78. The predicted molar refractivity (Wildman–Crippen MR) is 256 cm³/mol. The molecule has 1 saturated carbocycles. The molecule has 16 nitrogen and oxygen atoms in total. The van der Waals surface area contributed by atoms with Gasteiger partial charge in [0.2, 0.25) is 5.79 Å². The molecule has 3 aliphatic heterocycles. The molecule has 3 fully saturated rings. The highest BCUT2D eigenvalue weighted by Crippen LogP contribution is 2.38. The monoisotopic (exact) mass is 974 g/mol. The number of hydrogen-bond acceptors (Lipinski definition) is 15. The number of methoxy groups -OCH3 is 3. The van der Waals surface area contributed by atoms with Gasteiger partial charge in [-0.1, -0.05) is 58.9 Å². The van der Waals surface area contributed by atoms with Crippen LogP contribution in [0.3, 0.4) is 0 Å². The molecule has 0 aromatic carbocycles. The van der Waals surface area contributed by atoms with Gasteiger partial charge >= 0.3 is 5.97 Å². The minimum absolute atomic E-state index is 0.0678. The highest BCUT2D eigenvalue weighted by molar-refractivity contribution is 6.39. The van der Waals surface area contributed by atoms with E-state index in [9.17, 15) is 44.1 Å². The Hall–Kier alpha value is -3.48. The molecule has 2 bridgehead atoms. The lowest BCUT2D eigenvalue weighted by Gasteiger charge is -2.42.